The number of hydrogen-bond donors (Lipinski definition) is 1. The second-order valence-corrected chi connectivity index (χ2v) is 4.82. The van der Waals surface area contributed by atoms with Crippen LogP contribution in [-0.4, -0.2) is 18.2 Å². The van der Waals surface area contributed by atoms with Crippen molar-refractivity contribution in [3.8, 4) is 0 Å². The first-order valence-corrected chi connectivity index (χ1v) is 6.51. The van der Waals surface area contributed by atoms with Crippen molar-refractivity contribution in [2.24, 2.45) is 0 Å². The Morgan fingerprint density at radius 3 is 2.24 bits per heavy atom. The first kappa shape index (κ1) is 17.1. The fourth-order valence-corrected chi connectivity index (χ4v) is 1.65. The average Bonchev–Trinajstić information content (AvgIpc) is 2.36. The zero-order valence-corrected chi connectivity index (χ0v) is 12.1. The van der Waals surface area contributed by atoms with Gasteiger partial charge in [0.1, 0.15) is 5.70 Å². The number of allylic oxidation sites excluding steroid dienone is 1. The van der Waals surface area contributed by atoms with Crippen molar-refractivity contribution in [3.63, 3.8) is 0 Å². The molecule has 0 amide bonds. The molecule has 0 saturated carbocycles. The third kappa shape index (κ3) is 5.89. The van der Waals surface area contributed by atoms with Crippen LogP contribution in [0.25, 0.3) is 0 Å². The summed E-state index contributed by atoms with van der Waals surface area (Å²) >= 11 is 0. The van der Waals surface area contributed by atoms with E-state index in [4.69, 9.17) is 4.74 Å². The molecule has 0 spiro atoms. The predicted molar refractivity (Wildman–Crippen MR) is 73.4 cm³/mol. The zero-order valence-electron chi connectivity index (χ0n) is 12.1. The summed E-state index contributed by atoms with van der Waals surface area (Å²) in [6.45, 7) is 4.72. The Hall–Kier alpha value is -1.98. The van der Waals surface area contributed by atoms with Crippen molar-refractivity contribution in [1.29, 1.82) is 0 Å². The van der Waals surface area contributed by atoms with Crippen molar-refractivity contribution in [1.82, 2.24) is 5.32 Å². The van der Waals surface area contributed by atoms with Gasteiger partial charge < -0.3 is 10.1 Å². The molecule has 0 heterocycles. The molecule has 6 heteroatoms. The van der Waals surface area contributed by atoms with Gasteiger partial charge in [-0.15, -0.1) is 0 Å². The standard InChI is InChI=1S/C15H18F3NO2/c1-10(2)21-14(20)9-13(15(16,17)18)19-11(3)12-7-5-4-6-8-12/h4-11,19H,1-3H3/b13-9-. The van der Waals surface area contributed by atoms with Crippen LogP contribution in [-0.2, 0) is 9.53 Å². The fraction of sp³-hybridized carbons (Fsp3) is 0.400. The molecule has 0 bridgehead atoms. The lowest BCUT2D eigenvalue weighted by Crippen LogP contribution is -2.30. The molecule has 0 fully saturated rings. The van der Waals surface area contributed by atoms with Crippen molar-refractivity contribution in [3.05, 3.63) is 47.7 Å². The zero-order chi connectivity index (χ0) is 16.0. The van der Waals surface area contributed by atoms with Crippen LogP contribution in [0.5, 0.6) is 0 Å². The molecule has 1 aromatic rings. The SMILES string of the molecule is CC(C)OC(=O)/C=C(\NC(C)c1ccccc1)C(F)(F)F. The van der Waals surface area contributed by atoms with Gasteiger partial charge in [0.05, 0.1) is 12.2 Å². The van der Waals surface area contributed by atoms with E-state index in [9.17, 15) is 18.0 Å². The van der Waals surface area contributed by atoms with E-state index < -0.39 is 30.0 Å². The van der Waals surface area contributed by atoms with Gasteiger partial charge in [-0.3, -0.25) is 0 Å². The van der Waals surface area contributed by atoms with E-state index >= 15 is 0 Å². The highest BCUT2D eigenvalue weighted by atomic mass is 19.4. The van der Waals surface area contributed by atoms with Crippen molar-refractivity contribution >= 4 is 5.97 Å². The smallest absolute Gasteiger partial charge is 0.431 e. The Morgan fingerprint density at radius 2 is 1.76 bits per heavy atom. The molecular weight excluding hydrogens is 283 g/mol. The number of esters is 1. The molecule has 21 heavy (non-hydrogen) atoms. The molecule has 1 unspecified atom stereocenters. The maximum absolute atomic E-state index is 13.0. The maximum atomic E-state index is 13.0. The minimum Gasteiger partial charge on any atom is -0.460 e. The quantitative estimate of drug-likeness (QED) is 0.665. The molecule has 0 saturated heterocycles. The number of halogens is 3. The highest BCUT2D eigenvalue weighted by molar-refractivity contribution is 5.83. The van der Waals surface area contributed by atoms with Gasteiger partial charge in [0.2, 0.25) is 0 Å². The monoisotopic (exact) mass is 301 g/mol. The van der Waals surface area contributed by atoms with E-state index in [0.717, 1.165) is 0 Å². The summed E-state index contributed by atoms with van der Waals surface area (Å²) in [5.41, 5.74) is -0.436. The molecule has 0 aliphatic carbocycles. The lowest BCUT2D eigenvalue weighted by atomic mass is 10.1. The highest BCUT2D eigenvalue weighted by Crippen LogP contribution is 2.26. The van der Waals surface area contributed by atoms with E-state index in [1.165, 1.54) is 0 Å². The molecule has 1 N–H and O–H groups in total. The van der Waals surface area contributed by atoms with E-state index in [-0.39, 0.29) is 0 Å². The molecule has 0 aliphatic rings. The third-order valence-corrected chi connectivity index (χ3v) is 2.59. The maximum Gasteiger partial charge on any atom is 0.431 e. The van der Waals surface area contributed by atoms with Crippen LogP contribution in [0.4, 0.5) is 13.2 Å². The number of nitrogens with one attached hydrogen (secondary N) is 1. The number of alkyl halides is 3. The third-order valence-electron chi connectivity index (χ3n) is 2.59. The molecule has 1 aromatic carbocycles. The van der Waals surface area contributed by atoms with Gasteiger partial charge in [0.15, 0.2) is 0 Å². The Labute approximate surface area is 121 Å². The Bertz CT molecular complexity index is 495. The van der Waals surface area contributed by atoms with Crippen molar-refractivity contribution < 1.29 is 22.7 Å². The lowest BCUT2D eigenvalue weighted by Gasteiger charge is -2.20. The number of hydrogen-bond acceptors (Lipinski definition) is 3. The minimum absolute atomic E-state index is 0.444. The van der Waals surface area contributed by atoms with Gasteiger partial charge in [0, 0.05) is 6.04 Å². The molecule has 1 rings (SSSR count). The summed E-state index contributed by atoms with van der Waals surface area (Å²) in [5.74, 6) is -1.02. The van der Waals surface area contributed by atoms with Gasteiger partial charge in [-0.25, -0.2) is 4.79 Å². The van der Waals surface area contributed by atoms with Crippen LogP contribution in [0.1, 0.15) is 32.4 Å². The van der Waals surface area contributed by atoms with Gasteiger partial charge in [0.25, 0.3) is 0 Å². The second-order valence-electron chi connectivity index (χ2n) is 4.82. The molecule has 1 atom stereocenters. The summed E-state index contributed by atoms with van der Waals surface area (Å²) in [4.78, 5) is 11.4. The topological polar surface area (TPSA) is 38.3 Å². The van der Waals surface area contributed by atoms with Crippen molar-refractivity contribution in [2.75, 3.05) is 0 Å². The molecule has 0 aromatic heterocycles. The number of carbonyl (C=O) groups is 1. The number of carbonyl (C=O) groups excluding carboxylic acids is 1. The molecule has 116 valence electrons. The Kier molecular flexibility index (Phi) is 5.81. The van der Waals surface area contributed by atoms with E-state index in [1.807, 2.05) is 0 Å². The van der Waals surface area contributed by atoms with Crippen LogP contribution in [0.2, 0.25) is 0 Å². The van der Waals surface area contributed by atoms with Crippen LogP contribution in [0.15, 0.2) is 42.1 Å². The highest BCUT2D eigenvalue weighted by Gasteiger charge is 2.35. The number of ether oxygens (including phenoxy) is 1. The number of benzene rings is 1. The van der Waals surface area contributed by atoms with Gasteiger partial charge in [-0.05, 0) is 26.3 Å². The second kappa shape index (κ2) is 7.15. The largest absolute Gasteiger partial charge is 0.460 e. The first-order valence-electron chi connectivity index (χ1n) is 6.51. The molecule has 0 radical (unpaired) electrons. The Balaban J connectivity index is 2.90. The van der Waals surface area contributed by atoms with Crippen LogP contribution >= 0.6 is 0 Å². The summed E-state index contributed by atoms with van der Waals surface area (Å²) in [5, 5.41) is 2.31. The van der Waals surface area contributed by atoms with Gasteiger partial charge >= 0.3 is 12.1 Å². The predicted octanol–water partition coefficient (Wildman–Crippen LogP) is 3.74. The van der Waals surface area contributed by atoms with E-state index in [1.54, 1.807) is 51.1 Å². The summed E-state index contributed by atoms with van der Waals surface area (Å²) < 4.78 is 43.6. The van der Waals surface area contributed by atoms with Crippen molar-refractivity contribution in [2.45, 2.75) is 39.1 Å². The minimum atomic E-state index is -4.65. The summed E-state index contributed by atoms with van der Waals surface area (Å²) in [7, 11) is 0. The Morgan fingerprint density at radius 1 is 1.19 bits per heavy atom. The molecular formula is C15H18F3NO2. The number of rotatable bonds is 5. The van der Waals surface area contributed by atoms with Crippen LogP contribution < -0.4 is 5.32 Å². The fourth-order valence-electron chi connectivity index (χ4n) is 1.65. The average molecular weight is 301 g/mol. The van der Waals surface area contributed by atoms with Crippen LogP contribution in [0.3, 0.4) is 0 Å². The van der Waals surface area contributed by atoms with Crippen LogP contribution in [0, 0.1) is 0 Å². The first-order chi connectivity index (χ1) is 9.70. The summed E-state index contributed by atoms with van der Waals surface area (Å²) in [6, 6.07) is 8.06. The molecule has 3 nitrogen and oxygen atoms in total. The lowest BCUT2D eigenvalue weighted by molar-refractivity contribution is -0.142. The molecule has 0 aliphatic heterocycles. The van der Waals surface area contributed by atoms with Gasteiger partial charge in [-0.2, -0.15) is 13.2 Å². The normalized spacial score (nSPS) is 14.0. The summed E-state index contributed by atoms with van der Waals surface area (Å²) in [6.07, 6.45) is -4.69. The van der Waals surface area contributed by atoms with E-state index in [2.05, 4.69) is 5.32 Å². The van der Waals surface area contributed by atoms with Gasteiger partial charge in [-0.1, -0.05) is 30.3 Å². The van der Waals surface area contributed by atoms with E-state index in [0.29, 0.717) is 11.6 Å².